The molecule has 0 aliphatic carbocycles. The Balaban J connectivity index is 4.33. The number of hydrogen-bond acceptors (Lipinski definition) is 6. The Morgan fingerprint density at radius 1 is 0.263 bits per heavy atom. The van der Waals surface area contributed by atoms with Gasteiger partial charge in [-0.3, -0.25) is 14.4 Å². The lowest BCUT2D eigenvalue weighted by atomic mass is 10.0. The Morgan fingerprint density at radius 2 is 0.487 bits per heavy atom. The molecule has 1 atom stereocenters. The highest BCUT2D eigenvalue weighted by molar-refractivity contribution is 5.71. The van der Waals surface area contributed by atoms with E-state index in [0.29, 0.717) is 19.3 Å². The van der Waals surface area contributed by atoms with E-state index in [4.69, 9.17) is 14.2 Å². The first-order chi connectivity index (χ1) is 39.5. The zero-order valence-electron chi connectivity index (χ0n) is 53.3. The van der Waals surface area contributed by atoms with Gasteiger partial charge in [-0.15, -0.1) is 0 Å². The van der Waals surface area contributed by atoms with Crippen molar-refractivity contribution in [3.8, 4) is 0 Å². The maximum Gasteiger partial charge on any atom is 0.306 e. The second-order valence-electron chi connectivity index (χ2n) is 23.4. The molecular weight excluding hydrogens is 985 g/mol. The highest BCUT2D eigenvalue weighted by Crippen LogP contribution is 2.18. The van der Waals surface area contributed by atoms with Crippen molar-refractivity contribution < 1.29 is 28.6 Å². The van der Waals surface area contributed by atoms with Crippen LogP contribution in [0.3, 0.4) is 0 Å². The zero-order valence-corrected chi connectivity index (χ0v) is 53.3. The predicted molar refractivity (Wildman–Crippen MR) is 348 cm³/mol. The van der Waals surface area contributed by atoms with Gasteiger partial charge in [0.05, 0.1) is 0 Å². The number of hydrogen-bond donors (Lipinski definition) is 0. The maximum absolute atomic E-state index is 13.0. The molecule has 0 amide bonds. The molecule has 0 radical (unpaired) electrons. The number of carbonyl (C=O) groups excluding carboxylic acids is 3. The SMILES string of the molecule is CC/C=C\C/C=C\C/C=C\C/C=C\CCCCCCC(=O)OCC(COC(=O)CCCCCCCCCCCCCCC/C=C\C/C=C\CCCCCCC)OC(=O)CCCCCCCCCCCCCCCCCCCCCC. The predicted octanol–water partition coefficient (Wildman–Crippen LogP) is 24.1. The molecule has 0 aromatic heterocycles. The lowest BCUT2D eigenvalue weighted by Gasteiger charge is -2.18. The van der Waals surface area contributed by atoms with Crippen molar-refractivity contribution in [2.24, 2.45) is 0 Å². The Bertz CT molecular complexity index is 1470. The van der Waals surface area contributed by atoms with Crippen LogP contribution in [-0.4, -0.2) is 37.2 Å². The standard InChI is InChI=1S/C74H132O6/c1-4-7-10-13-16-19-22-25-28-31-33-35-36-37-38-39-41-43-46-49-52-55-58-61-64-67-73(76)79-70-71(69-78-72(75)66-63-60-57-54-51-48-45-42-30-27-24-21-18-15-12-9-6-3)80-74(77)68-65-62-59-56-53-50-47-44-40-34-32-29-26-23-20-17-14-11-8-5-2/h9,12,18,21-22,25,27,30-31,33,45,48,71H,4-8,10-11,13-17,19-20,23-24,26,28-29,32,34-44,46-47,49-70H2,1-3H3/b12-9-,21-18-,25-22-,30-27-,33-31-,48-45-. The monoisotopic (exact) mass is 1120 g/mol. The van der Waals surface area contributed by atoms with Crippen molar-refractivity contribution in [2.45, 2.75) is 367 Å². The maximum atomic E-state index is 13.0. The van der Waals surface area contributed by atoms with Gasteiger partial charge in [-0.1, -0.05) is 325 Å². The van der Waals surface area contributed by atoms with Crippen molar-refractivity contribution in [1.82, 2.24) is 0 Å². The fraction of sp³-hybridized carbons (Fsp3) is 0.797. The van der Waals surface area contributed by atoms with Crippen molar-refractivity contribution >= 4 is 17.9 Å². The summed E-state index contributed by atoms with van der Waals surface area (Å²) in [6.07, 6.45) is 89.2. The summed E-state index contributed by atoms with van der Waals surface area (Å²) in [6.45, 7) is 6.56. The molecule has 0 aliphatic rings. The van der Waals surface area contributed by atoms with E-state index in [-0.39, 0.29) is 31.1 Å². The number of unbranched alkanes of at least 4 members (excludes halogenated alkanes) is 41. The van der Waals surface area contributed by atoms with Crippen molar-refractivity contribution in [3.63, 3.8) is 0 Å². The van der Waals surface area contributed by atoms with Crippen LogP contribution in [0, 0.1) is 0 Å². The van der Waals surface area contributed by atoms with Crippen molar-refractivity contribution in [2.75, 3.05) is 13.2 Å². The smallest absolute Gasteiger partial charge is 0.306 e. The van der Waals surface area contributed by atoms with Crippen LogP contribution in [0.4, 0.5) is 0 Å². The fourth-order valence-electron chi connectivity index (χ4n) is 10.2. The summed E-state index contributed by atoms with van der Waals surface area (Å²) in [5.41, 5.74) is 0. The quantitative estimate of drug-likeness (QED) is 0.0261. The lowest BCUT2D eigenvalue weighted by molar-refractivity contribution is -0.167. The first kappa shape index (κ1) is 76.9. The molecule has 80 heavy (non-hydrogen) atoms. The summed E-state index contributed by atoms with van der Waals surface area (Å²) in [6, 6.07) is 0. The minimum Gasteiger partial charge on any atom is -0.462 e. The third-order valence-corrected chi connectivity index (χ3v) is 15.4. The summed E-state index contributed by atoms with van der Waals surface area (Å²) in [4.78, 5) is 38.5. The number of allylic oxidation sites excluding steroid dienone is 12. The fourth-order valence-corrected chi connectivity index (χ4v) is 10.2. The molecule has 0 heterocycles. The molecule has 464 valence electrons. The molecule has 0 aliphatic heterocycles. The molecule has 0 N–H and O–H groups in total. The Kier molecular flexibility index (Phi) is 65.7. The summed E-state index contributed by atoms with van der Waals surface area (Å²) in [5, 5.41) is 0. The van der Waals surface area contributed by atoms with Crippen LogP contribution < -0.4 is 0 Å². The molecule has 1 unspecified atom stereocenters. The number of esters is 3. The van der Waals surface area contributed by atoms with Crippen LogP contribution in [0.2, 0.25) is 0 Å². The van der Waals surface area contributed by atoms with E-state index in [1.54, 1.807) is 0 Å². The third kappa shape index (κ3) is 65.7. The Morgan fingerprint density at radius 3 is 0.762 bits per heavy atom. The Labute approximate surface area is 497 Å². The van der Waals surface area contributed by atoms with Gasteiger partial charge in [0.15, 0.2) is 6.10 Å². The highest BCUT2D eigenvalue weighted by atomic mass is 16.6. The second-order valence-corrected chi connectivity index (χ2v) is 23.4. The van der Waals surface area contributed by atoms with Gasteiger partial charge < -0.3 is 14.2 Å². The average molecular weight is 1120 g/mol. The van der Waals surface area contributed by atoms with Crippen LogP contribution in [0.5, 0.6) is 0 Å². The summed E-state index contributed by atoms with van der Waals surface area (Å²) in [7, 11) is 0. The molecular formula is C74H132O6. The van der Waals surface area contributed by atoms with E-state index in [9.17, 15) is 14.4 Å². The molecule has 0 saturated heterocycles. The van der Waals surface area contributed by atoms with Gasteiger partial charge in [-0.2, -0.15) is 0 Å². The minimum atomic E-state index is -0.786. The van der Waals surface area contributed by atoms with E-state index in [1.165, 1.54) is 218 Å². The number of carbonyl (C=O) groups is 3. The zero-order chi connectivity index (χ0) is 57.8. The van der Waals surface area contributed by atoms with Crippen molar-refractivity contribution in [1.29, 1.82) is 0 Å². The van der Waals surface area contributed by atoms with Crippen LogP contribution in [0.1, 0.15) is 361 Å². The first-order valence-electron chi connectivity index (χ1n) is 34.9. The van der Waals surface area contributed by atoms with E-state index in [1.807, 2.05) is 0 Å². The molecule has 0 bridgehead atoms. The topological polar surface area (TPSA) is 78.9 Å². The van der Waals surface area contributed by atoms with Gasteiger partial charge in [0, 0.05) is 19.3 Å². The highest BCUT2D eigenvalue weighted by Gasteiger charge is 2.19. The summed E-state index contributed by atoms with van der Waals surface area (Å²) < 4.78 is 17.0. The molecule has 0 saturated carbocycles. The van der Waals surface area contributed by atoms with Gasteiger partial charge in [0.2, 0.25) is 0 Å². The van der Waals surface area contributed by atoms with Crippen LogP contribution in [-0.2, 0) is 28.6 Å². The number of rotatable bonds is 64. The lowest BCUT2D eigenvalue weighted by Crippen LogP contribution is -2.30. The van der Waals surface area contributed by atoms with Crippen LogP contribution >= 0.6 is 0 Å². The molecule has 0 fully saturated rings. The van der Waals surface area contributed by atoms with E-state index in [2.05, 4.69) is 93.7 Å². The van der Waals surface area contributed by atoms with Gasteiger partial charge in [0.1, 0.15) is 13.2 Å². The molecule has 0 aromatic carbocycles. The average Bonchev–Trinajstić information content (AvgIpc) is 3.46. The molecule has 6 nitrogen and oxygen atoms in total. The summed E-state index contributed by atoms with van der Waals surface area (Å²) >= 11 is 0. The summed E-state index contributed by atoms with van der Waals surface area (Å²) in [5.74, 6) is -0.883. The largest absolute Gasteiger partial charge is 0.462 e. The molecule has 6 heteroatoms. The van der Waals surface area contributed by atoms with E-state index in [0.717, 1.165) is 103 Å². The van der Waals surface area contributed by atoms with Crippen molar-refractivity contribution in [3.05, 3.63) is 72.9 Å². The van der Waals surface area contributed by atoms with E-state index >= 15 is 0 Å². The normalized spacial score (nSPS) is 12.5. The van der Waals surface area contributed by atoms with Gasteiger partial charge in [0.25, 0.3) is 0 Å². The van der Waals surface area contributed by atoms with E-state index < -0.39 is 6.10 Å². The van der Waals surface area contributed by atoms with Crippen LogP contribution in [0.15, 0.2) is 72.9 Å². The van der Waals surface area contributed by atoms with Crippen LogP contribution in [0.25, 0.3) is 0 Å². The Hall–Kier alpha value is -3.15. The molecule has 0 rings (SSSR count). The molecule has 0 aromatic rings. The van der Waals surface area contributed by atoms with Gasteiger partial charge in [-0.05, 0) is 89.9 Å². The third-order valence-electron chi connectivity index (χ3n) is 15.4. The van der Waals surface area contributed by atoms with Gasteiger partial charge in [-0.25, -0.2) is 0 Å². The molecule has 0 spiro atoms. The number of ether oxygens (including phenoxy) is 3. The first-order valence-corrected chi connectivity index (χ1v) is 34.9. The van der Waals surface area contributed by atoms with Gasteiger partial charge >= 0.3 is 17.9 Å². The minimum absolute atomic E-state index is 0.0802. The second kappa shape index (κ2) is 68.3.